The Labute approximate surface area is 115 Å². The van der Waals surface area contributed by atoms with Crippen molar-refractivity contribution in [1.82, 2.24) is 4.57 Å². The van der Waals surface area contributed by atoms with Crippen molar-refractivity contribution in [3.05, 3.63) is 58.4 Å². The summed E-state index contributed by atoms with van der Waals surface area (Å²) in [5, 5.41) is 0.474. The van der Waals surface area contributed by atoms with Gasteiger partial charge in [-0.15, -0.1) is 0 Å². The summed E-state index contributed by atoms with van der Waals surface area (Å²) in [6, 6.07) is 6.60. The molecule has 0 aliphatic rings. The highest BCUT2D eigenvalue weighted by Gasteiger charge is 2.21. The molecule has 19 heavy (non-hydrogen) atoms. The maximum atomic E-state index is 12.4. The van der Waals surface area contributed by atoms with Gasteiger partial charge in [-0.3, -0.25) is 4.79 Å². The van der Waals surface area contributed by atoms with Crippen LogP contribution in [-0.2, 0) is 11.8 Å². The number of carbonyl (C=O) groups excluding carboxylic acids is 2. The molecule has 0 spiro atoms. The van der Waals surface area contributed by atoms with Gasteiger partial charge in [-0.2, -0.15) is 0 Å². The summed E-state index contributed by atoms with van der Waals surface area (Å²) in [7, 11) is 3.02. The SMILES string of the molecule is COC(=O)c1cn(C)cc1C(=O)c1cccc(Cl)c1. The van der Waals surface area contributed by atoms with Gasteiger partial charge in [-0.1, -0.05) is 23.7 Å². The van der Waals surface area contributed by atoms with Crippen LogP contribution in [0.4, 0.5) is 0 Å². The molecular weight excluding hydrogens is 266 g/mol. The minimum atomic E-state index is -0.536. The van der Waals surface area contributed by atoms with Crippen molar-refractivity contribution >= 4 is 23.4 Å². The highest BCUT2D eigenvalue weighted by molar-refractivity contribution is 6.31. The van der Waals surface area contributed by atoms with Crippen LogP contribution in [0, 0.1) is 0 Å². The Bertz CT molecular complexity index is 646. The maximum absolute atomic E-state index is 12.4. The zero-order chi connectivity index (χ0) is 14.0. The van der Waals surface area contributed by atoms with Crippen LogP contribution in [0.15, 0.2) is 36.7 Å². The molecule has 98 valence electrons. The molecule has 1 aromatic heterocycles. The second-order valence-electron chi connectivity index (χ2n) is 4.08. The van der Waals surface area contributed by atoms with Crippen LogP contribution in [0.25, 0.3) is 0 Å². The number of nitrogens with zero attached hydrogens (tertiary/aromatic N) is 1. The van der Waals surface area contributed by atoms with Crippen molar-refractivity contribution < 1.29 is 14.3 Å². The van der Waals surface area contributed by atoms with Crippen molar-refractivity contribution in [2.45, 2.75) is 0 Å². The van der Waals surface area contributed by atoms with Gasteiger partial charge in [0.15, 0.2) is 5.78 Å². The summed E-state index contributed by atoms with van der Waals surface area (Å²) in [5.41, 5.74) is 0.982. The molecule has 4 nitrogen and oxygen atoms in total. The van der Waals surface area contributed by atoms with E-state index >= 15 is 0 Å². The van der Waals surface area contributed by atoms with E-state index in [2.05, 4.69) is 4.74 Å². The van der Waals surface area contributed by atoms with Crippen LogP contribution in [0.2, 0.25) is 5.02 Å². The third-order valence-corrected chi connectivity index (χ3v) is 2.93. The Morgan fingerprint density at radius 3 is 2.53 bits per heavy atom. The third kappa shape index (κ3) is 2.69. The Balaban J connectivity index is 2.47. The number of hydrogen-bond acceptors (Lipinski definition) is 3. The number of ether oxygens (including phenoxy) is 1. The molecular formula is C14H12ClNO3. The lowest BCUT2D eigenvalue weighted by Crippen LogP contribution is -2.08. The Kier molecular flexibility index (Phi) is 3.71. The highest BCUT2D eigenvalue weighted by Crippen LogP contribution is 2.19. The van der Waals surface area contributed by atoms with Crippen molar-refractivity contribution in [2.75, 3.05) is 7.11 Å². The minimum absolute atomic E-state index is 0.245. The van der Waals surface area contributed by atoms with E-state index in [1.165, 1.54) is 7.11 Å². The number of ketones is 1. The van der Waals surface area contributed by atoms with Crippen molar-refractivity contribution in [3.63, 3.8) is 0 Å². The Morgan fingerprint density at radius 2 is 1.89 bits per heavy atom. The molecule has 0 aliphatic carbocycles. The highest BCUT2D eigenvalue weighted by atomic mass is 35.5. The van der Waals surface area contributed by atoms with E-state index in [0.717, 1.165) is 0 Å². The van der Waals surface area contributed by atoms with Gasteiger partial charge in [-0.25, -0.2) is 4.79 Å². The largest absolute Gasteiger partial charge is 0.465 e. The number of hydrogen-bond donors (Lipinski definition) is 0. The predicted molar refractivity (Wildman–Crippen MR) is 71.6 cm³/mol. The molecule has 2 aromatic rings. The van der Waals surface area contributed by atoms with Gasteiger partial charge in [-0.05, 0) is 12.1 Å². The number of carbonyl (C=O) groups is 2. The lowest BCUT2D eigenvalue weighted by atomic mass is 10.0. The number of aromatic nitrogens is 1. The quantitative estimate of drug-likeness (QED) is 0.640. The second-order valence-corrected chi connectivity index (χ2v) is 4.52. The third-order valence-electron chi connectivity index (χ3n) is 2.69. The van der Waals surface area contributed by atoms with Crippen LogP contribution < -0.4 is 0 Å². The predicted octanol–water partition coefficient (Wildman–Crippen LogP) is 2.70. The van der Waals surface area contributed by atoms with Gasteiger partial charge in [0.2, 0.25) is 0 Å². The minimum Gasteiger partial charge on any atom is -0.465 e. The van der Waals surface area contributed by atoms with Crippen LogP contribution >= 0.6 is 11.6 Å². The summed E-state index contributed by atoms with van der Waals surface area (Å²) in [4.78, 5) is 24.0. The number of methoxy groups -OCH3 is 1. The van der Waals surface area contributed by atoms with Crippen LogP contribution in [0.3, 0.4) is 0 Å². The number of rotatable bonds is 3. The first kappa shape index (κ1) is 13.4. The zero-order valence-electron chi connectivity index (χ0n) is 10.5. The van der Waals surface area contributed by atoms with Gasteiger partial charge >= 0.3 is 5.97 Å². The average molecular weight is 278 g/mol. The summed E-state index contributed by atoms with van der Waals surface area (Å²) in [6.45, 7) is 0. The molecule has 0 amide bonds. The molecule has 0 saturated carbocycles. The molecule has 0 atom stereocenters. The fraction of sp³-hybridized carbons (Fsp3) is 0.143. The monoisotopic (exact) mass is 277 g/mol. The van der Waals surface area contributed by atoms with Gasteiger partial charge in [0.1, 0.15) is 0 Å². The standard InChI is InChI=1S/C14H12ClNO3/c1-16-7-11(12(8-16)14(18)19-2)13(17)9-4-3-5-10(15)6-9/h3-8H,1-2H3. The molecule has 0 bridgehead atoms. The lowest BCUT2D eigenvalue weighted by molar-refractivity contribution is 0.0597. The number of aryl methyl sites for hydroxylation is 1. The first-order valence-electron chi connectivity index (χ1n) is 5.57. The summed E-state index contributed by atoms with van der Waals surface area (Å²) >= 11 is 5.86. The molecule has 1 aromatic carbocycles. The van der Waals surface area contributed by atoms with Crippen molar-refractivity contribution in [2.24, 2.45) is 7.05 Å². The lowest BCUT2D eigenvalue weighted by Gasteiger charge is -2.02. The van der Waals surface area contributed by atoms with E-state index in [0.29, 0.717) is 16.1 Å². The van der Waals surface area contributed by atoms with Gasteiger partial charge in [0.05, 0.1) is 18.2 Å². The maximum Gasteiger partial charge on any atom is 0.340 e. The number of halogens is 1. The van der Waals surface area contributed by atoms with E-state index in [1.807, 2.05) is 0 Å². The smallest absolute Gasteiger partial charge is 0.340 e. The molecule has 0 radical (unpaired) electrons. The molecule has 0 N–H and O–H groups in total. The summed E-state index contributed by atoms with van der Waals surface area (Å²) < 4.78 is 6.31. The molecule has 0 fully saturated rings. The van der Waals surface area contributed by atoms with Gasteiger partial charge < -0.3 is 9.30 Å². The average Bonchev–Trinajstić information content (AvgIpc) is 2.79. The topological polar surface area (TPSA) is 48.3 Å². The molecule has 0 aliphatic heterocycles. The van der Waals surface area contributed by atoms with E-state index in [-0.39, 0.29) is 11.3 Å². The molecule has 5 heteroatoms. The number of benzene rings is 1. The van der Waals surface area contributed by atoms with Crippen molar-refractivity contribution in [1.29, 1.82) is 0 Å². The van der Waals surface area contributed by atoms with Crippen LogP contribution in [-0.4, -0.2) is 23.4 Å². The van der Waals surface area contributed by atoms with Crippen LogP contribution in [0.1, 0.15) is 26.3 Å². The fourth-order valence-corrected chi connectivity index (χ4v) is 2.01. The first-order chi connectivity index (χ1) is 9.02. The summed E-state index contributed by atoms with van der Waals surface area (Å²) in [5.74, 6) is -0.797. The molecule has 2 rings (SSSR count). The van der Waals surface area contributed by atoms with E-state index < -0.39 is 5.97 Å². The van der Waals surface area contributed by atoms with E-state index in [1.54, 1.807) is 48.3 Å². The first-order valence-corrected chi connectivity index (χ1v) is 5.95. The molecule has 0 unspecified atom stereocenters. The fourth-order valence-electron chi connectivity index (χ4n) is 1.82. The van der Waals surface area contributed by atoms with Crippen molar-refractivity contribution in [3.8, 4) is 0 Å². The van der Waals surface area contributed by atoms with Gasteiger partial charge in [0, 0.05) is 30.0 Å². The second kappa shape index (κ2) is 5.28. The Hall–Kier alpha value is -2.07. The Morgan fingerprint density at radius 1 is 1.21 bits per heavy atom. The normalized spacial score (nSPS) is 10.3. The number of esters is 1. The molecule has 1 heterocycles. The van der Waals surface area contributed by atoms with Gasteiger partial charge in [0.25, 0.3) is 0 Å². The van der Waals surface area contributed by atoms with E-state index in [9.17, 15) is 9.59 Å². The molecule has 0 saturated heterocycles. The van der Waals surface area contributed by atoms with Crippen LogP contribution in [0.5, 0.6) is 0 Å². The zero-order valence-corrected chi connectivity index (χ0v) is 11.3. The summed E-state index contributed by atoms with van der Waals surface area (Å²) in [6.07, 6.45) is 3.15. The van der Waals surface area contributed by atoms with E-state index in [4.69, 9.17) is 11.6 Å².